The van der Waals surface area contributed by atoms with Gasteiger partial charge in [-0.3, -0.25) is 0 Å². The van der Waals surface area contributed by atoms with E-state index in [1.54, 1.807) is 0 Å². The molecule has 1 aromatic rings. The van der Waals surface area contributed by atoms with Gasteiger partial charge in [0.25, 0.3) is 0 Å². The van der Waals surface area contributed by atoms with Gasteiger partial charge in [-0.05, 0) is 68.6 Å². The number of hydrogen-bond acceptors (Lipinski definition) is 1. The van der Waals surface area contributed by atoms with E-state index >= 15 is 0 Å². The third-order valence-electron chi connectivity index (χ3n) is 4.46. The highest BCUT2D eigenvalue weighted by Crippen LogP contribution is 2.36. The zero-order valence-electron chi connectivity index (χ0n) is 13.6. The quantitative estimate of drug-likeness (QED) is 0.443. The second kappa shape index (κ2) is 8.42. The summed E-state index contributed by atoms with van der Waals surface area (Å²) >= 11 is 0. The molecule has 0 aromatic heterocycles. The van der Waals surface area contributed by atoms with Crippen molar-refractivity contribution in [1.82, 2.24) is 0 Å². The van der Waals surface area contributed by atoms with E-state index in [4.69, 9.17) is 4.74 Å². The van der Waals surface area contributed by atoms with Gasteiger partial charge in [0.2, 0.25) is 0 Å². The van der Waals surface area contributed by atoms with Crippen molar-refractivity contribution in [2.45, 2.75) is 57.5 Å². The van der Waals surface area contributed by atoms with Crippen molar-refractivity contribution in [3.8, 4) is 5.75 Å². The number of hydrogen-bond donors (Lipinski definition) is 0. The molecule has 1 aliphatic carbocycles. The number of rotatable bonds is 6. The zero-order valence-corrected chi connectivity index (χ0v) is 13.6. The number of alkyl halides is 3. The van der Waals surface area contributed by atoms with Crippen molar-refractivity contribution in [2.75, 3.05) is 6.61 Å². The number of halogens is 3. The van der Waals surface area contributed by atoms with Gasteiger partial charge < -0.3 is 4.74 Å². The van der Waals surface area contributed by atoms with Gasteiger partial charge in [-0.1, -0.05) is 24.3 Å². The molecule has 0 atom stereocenters. The molecule has 0 N–H and O–H groups in total. The first-order chi connectivity index (χ1) is 11.0. The first kappa shape index (κ1) is 17.9. The minimum Gasteiger partial charge on any atom is -0.494 e. The topological polar surface area (TPSA) is 9.23 Å². The van der Waals surface area contributed by atoms with E-state index in [0.717, 1.165) is 0 Å². The molecule has 0 radical (unpaired) electrons. The Morgan fingerprint density at radius 2 is 1.74 bits per heavy atom. The molecule has 0 unspecified atom stereocenters. The lowest BCUT2D eigenvalue weighted by Crippen LogP contribution is -2.11. The highest BCUT2D eigenvalue weighted by Gasteiger charge is 2.26. The van der Waals surface area contributed by atoms with Crippen LogP contribution in [0.3, 0.4) is 0 Å². The standard InChI is InChI=1S/C19H25F3O/c1-2-4-15-5-7-16(8-6-15)17-9-11-18(12-10-17)23-14-3-13-19(20,21)22/h2,4,9-12,15-16H,3,5-8,13-14H2,1H3/b4-2+. The minimum atomic E-state index is -4.10. The second-order valence-electron chi connectivity index (χ2n) is 6.27. The molecule has 0 amide bonds. The summed E-state index contributed by atoms with van der Waals surface area (Å²) < 4.78 is 41.6. The summed E-state index contributed by atoms with van der Waals surface area (Å²) in [6.07, 6.45) is 4.39. The van der Waals surface area contributed by atoms with Crippen molar-refractivity contribution in [1.29, 1.82) is 0 Å². The van der Waals surface area contributed by atoms with E-state index in [0.29, 0.717) is 17.6 Å². The maximum Gasteiger partial charge on any atom is 0.389 e. The predicted octanol–water partition coefficient (Wildman–Crippen LogP) is 6.26. The van der Waals surface area contributed by atoms with E-state index in [-0.39, 0.29) is 13.0 Å². The molecule has 128 valence electrons. The van der Waals surface area contributed by atoms with Crippen LogP contribution in [0.25, 0.3) is 0 Å². The molecule has 1 fully saturated rings. The van der Waals surface area contributed by atoms with Crippen molar-refractivity contribution >= 4 is 0 Å². The van der Waals surface area contributed by atoms with Gasteiger partial charge >= 0.3 is 6.18 Å². The molecule has 0 bridgehead atoms. The first-order valence-electron chi connectivity index (χ1n) is 8.40. The van der Waals surface area contributed by atoms with Gasteiger partial charge in [0.15, 0.2) is 0 Å². The van der Waals surface area contributed by atoms with Crippen LogP contribution in [0, 0.1) is 5.92 Å². The van der Waals surface area contributed by atoms with Crippen molar-refractivity contribution in [3.05, 3.63) is 42.0 Å². The second-order valence-corrected chi connectivity index (χ2v) is 6.27. The lowest BCUT2D eigenvalue weighted by atomic mass is 9.78. The fourth-order valence-electron chi connectivity index (χ4n) is 3.22. The Labute approximate surface area is 136 Å². The average Bonchev–Trinajstić information content (AvgIpc) is 2.52. The van der Waals surface area contributed by atoms with E-state index in [9.17, 15) is 13.2 Å². The SMILES string of the molecule is C/C=C/C1CCC(c2ccc(OCCCC(F)(F)F)cc2)CC1. The normalized spacial score (nSPS) is 22.4. The third kappa shape index (κ3) is 6.28. The fourth-order valence-corrected chi connectivity index (χ4v) is 3.22. The third-order valence-corrected chi connectivity index (χ3v) is 4.46. The monoisotopic (exact) mass is 326 g/mol. The lowest BCUT2D eigenvalue weighted by Gasteiger charge is -2.27. The summed E-state index contributed by atoms with van der Waals surface area (Å²) in [4.78, 5) is 0. The summed E-state index contributed by atoms with van der Waals surface area (Å²) in [6.45, 7) is 2.17. The maximum atomic E-state index is 12.1. The van der Waals surface area contributed by atoms with Crippen LogP contribution in [0.5, 0.6) is 5.75 Å². The Morgan fingerprint density at radius 1 is 1.09 bits per heavy atom. The van der Waals surface area contributed by atoms with Crippen molar-refractivity contribution < 1.29 is 17.9 Å². The van der Waals surface area contributed by atoms with Gasteiger partial charge in [-0.2, -0.15) is 13.2 Å². The fraction of sp³-hybridized carbons (Fsp3) is 0.579. The summed E-state index contributed by atoms with van der Waals surface area (Å²) in [5, 5.41) is 0. The Kier molecular flexibility index (Phi) is 6.55. The van der Waals surface area contributed by atoms with E-state index in [1.807, 2.05) is 12.1 Å². The summed E-state index contributed by atoms with van der Waals surface area (Å²) in [5.74, 6) is 1.96. The molecular formula is C19H25F3O. The van der Waals surface area contributed by atoms with Crippen LogP contribution in [-0.4, -0.2) is 12.8 Å². The molecule has 23 heavy (non-hydrogen) atoms. The number of benzene rings is 1. The molecule has 0 aliphatic heterocycles. The van der Waals surface area contributed by atoms with Gasteiger partial charge in [0, 0.05) is 6.42 Å². The molecular weight excluding hydrogens is 301 g/mol. The van der Waals surface area contributed by atoms with Gasteiger partial charge in [-0.25, -0.2) is 0 Å². The van der Waals surface area contributed by atoms with Crippen LogP contribution in [0.15, 0.2) is 36.4 Å². The van der Waals surface area contributed by atoms with Crippen LogP contribution in [0.1, 0.15) is 56.9 Å². The molecule has 0 spiro atoms. The Bertz CT molecular complexity index is 482. The molecule has 0 saturated heterocycles. The molecule has 4 heteroatoms. The molecule has 1 aliphatic rings. The van der Waals surface area contributed by atoms with Crippen molar-refractivity contribution in [2.24, 2.45) is 5.92 Å². The van der Waals surface area contributed by atoms with Crippen LogP contribution < -0.4 is 4.74 Å². The Hall–Kier alpha value is -1.45. The Morgan fingerprint density at radius 3 is 2.30 bits per heavy atom. The Balaban J connectivity index is 1.76. The van der Waals surface area contributed by atoms with Gasteiger partial charge in [0.05, 0.1) is 6.61 Å². The van der Waals surface area contributed by atoms with Crippen LogP contribution in [0.4, 0.5) is 13.2 Å². The molecule has 1 saturated carbocycles. The summed E-state index contributed by atoms with van der Waals surface area (Å²) in [6, 6.07) is 7.86. The van der Waals surface area contributed by atoms with Crippen LogP contribution in [-0.2, 0) is 0 Å². The van der Waals surface area contributed by atoms with E-state index < -0.39 is 12.6 Å². The maximum absolute atomic E-state index is 12.1. The number of ether oxygens (including phenoxy) is 1. The largest absolute Gasteiger partial charge is 0.494 e. The van der Waals surface area contributed by atoms with E-state index in [2.05, 4.69) is 31.2 Å². The highest BCUT2D eigenvalue weighted by molar-refractivity contribution is 5.29. The predicted molar refractivity (Wildman–Crippen MR) is 86.7 cm³/mol. The lowest BCUT2D eigenvalue weighted by molar-refractivity contribution is -0.136. The van der Waals surface area contributed by atoms with Gasteiger partial charge in [-0.15, -0.1) is 0 Å². The average molecular weight is 326 g/mol. The first-order valence-corrected chi connectivity index (χ1v) is 8.40. The molecule has 2 rings (SSSR count). The minimum absolute atomic E-state index is 0.000210. The highest BCUT2D eigenvalue weighted by atomic mass is 19.4. The van der Waals surface area contributed by atoms with Crippen molar-refractivity contribution in [3.63, 3.8) is 0 Å². The van der Waals surface area contributed by atoms with Crippen LogP contribution in [0.2, 0.25) is 0 Å². The molecule has 1 aromatic carbocycles. The number of allylic oxidation sites excluding steroid dienone is 2. The van der Waals surface area contributed by atoms with Crippen LogP contribution >= 0.6 is 0 Å². The summed E-state index contributed by atoms with van der Waals surface area (Å²) in [7, 11) is 0. The smallest absolute Gasteiger partial charge is 0.389 e. The summed E-state index contributed by atoms with van der Waals surface area (Å²) in [5.41, 5.74) is 1.31. The molecule has 0 heterocycles. The van der Waals surface area contributed by atoms with E-state index in [1.165, 1.54) is 31.2 Å². The zero-order chi connectivity index (χ0) is 16.7. The van der Waals surface area contributed by atoms with Gasteiger partial charge in [0.1, 0.15) is 5.75 Å². The molecule has 1 nitrogen and oxygen atoms in total.